The molecule has 7 N–H and O–H groups in total. The van der Waals surface area contributed by atoms with Gasteiger partial charge in [-0.2, -0.15) is 10.1 Å². The molecule has 14 nitrogen and oxygen atoms in total. The molecule has 2 saturated heterocycles. The van der Waals surface area contributed by atoms with E-state index in [1.807, 2.05) is 48.5 Å². The lowest BCUT2D eigenvalue weighted by Crippen LogP contribution is -2.48. The molecule has 298 valence electrons. The summed E-state index contributed by atoms with van der Waals surface area (Å²) in [6, 6.07) is 12.9. The van der Waals surface area contributed by atoms with Crippen LogP contribution in [0.1, 0.15) is 93.3 Å². The van der Waals surface area contributed by atoms with Gasteiger partial charge in [0.2, 0.25) is 0 Å². The van der Waals surface area contributed by atoms with Crippen molar-refractivity contribution in [2.24, 2.45) is 27.8 Å². The van der Waals surface area contributed by atoms with E-state index >= 15 is 0 Å². The fraction of sp³-hybridized carbons (Fsp3) is 0.500. The summed E-state index contributed by atoms with van der Waals surface area (Å²) in [7, 11) is 4.09. The summed E-state index contributed by atoms with van der Waals surface area (Å²) in [5.41, 5.74) is 19.2. The maximum absolute atomic E-state index is 13.2. The molecule has 2 aromatic heterocycles. The second-order valence-corrected chi connectivity index (χ2v) is 16.6. The van der Waals surface area contributed by atoms with Crippen LogP contribution in [0.4, 0.5) is 11.4 Å². The largest absolute Gasteiger partial charge is 0.513 e. The molecule has 4 fully saturated rings. The van der Waals surface area contributed by atoms with Crippen molar-refractivity contribution in [2.75, 3.05) is 50.5 Å². The third-order valence-corrected chi connectivity index (χ3v) is 11.5. The van der Waals surface area contributed by atoms with Crippen LogP contribution in [0.2, 0.25) is 0 Å². The number of aromatic nitrogens is 3. The Labute approximate surface area is 329 Å². The summed E-state index contributed by atoms with van der Waals surface area (Å²) < 4.78 is 2.19. The van der Waals surface area contributed by atoms with E-state index in [-0.39, 0.29) is 46.8 Å². The van der Waals surface area contributed by atoms with Crippen molar-refractivity contribution >= 4 is 29.0 Å². The fourth-order valence-electron chi connectivity index (χ4n) is 7.95. The molecule has 5 heterocycles. The molecule has 2 amide bonds. The zero-order chi connectivity index (χ0) is 39.7. The highest BCUT2D eigenvalue weighted by Gasteiger charge is 2.39. The van der Waals surface area contributed by atoms with E-state index in [0.717, 1.165) is 92.4 Å². The maximum atomic E-state index is 13.2. The molecule has 2 saturated carbocycles. The fourth-order valence-corrected chi connectivity index (χ4v) is 7.95. The number of amidine groups is 1. The van der Waals surface area contributed by atoms with Crippen molar-refractivity contribution in [1.82, 2.24) is 29.9 Å². The molecule has 5 aliphatic rings. The van der Waals surface area contributed by atoms with Crippen LogP contribution in [0.3, 0.4) is 0 Å². The van der Waals surface area contributed by atoms with Crippen LogP contribution in [0.25, 0.3) is 11.1 Å². The van der Waals surface area contributed by atoms with Gasteiger partial charge in [0.05, 0.1) is 52.4 Å². The first-order valence-electron chi connectivity index (χ1n) is 19.9. The number of hydrogen-bond acceptors (Lipinski definition) is 10. The molecule has 0 radical (unpaired) electrons. The molecule has 3 aromatic rings. The summed E-state index contributed by atoms with van der Waals surface area (Å²) in [6.45, 7) is 10.4. The highest BCUT2D eigenvalue weighted by Crippen LogP contribution is 2.49. The Morgan fingerprint density at radius 1 is 1.07 bits per heavy atom. The number of aliphatic hydroxyl groups is 1. The number of benzene rings is 1. The third-order valence-electron chi connectivity index (χ3n) is 11.5. The van der Waals surface area contributed by atoms with Crippen molar-refractivity contribution in [1.29, 1.82) is 0 Å². The summed E-state index contributed by atoms with van der Waals surface area (Å²) in [5, 5.41) is 21.2. The van der Waals surface area contributed by atoms with Gasteiger partial charge >= 0.3 is 0 Å². The molecule has 0 bridgehead atoms. The Morgan fingerprint density at radius 3 is 2.45 bits per heavy atom. The van der Waals surface area contributed by atoms with E-state index in [0.29, 0.717) is 17.9 Å². The molecule has 2 aliphatic carbocycles. The lowest BCUT2D eigenvalue weighted by Gasteiger charge is -2.43. The van der Waals surface area contributed by atoms with Crippen LogP contribution in [-0.2, 0) is 11.3 Å². The van der Waals surface area contributed by atoms with E-state index in [9.17, 15) is 14.7 Å². The van der Waals surface area contributed by atoms with E-state index in [1.54, 1.807) is 0 Å². The summed E-state index contributed by atoms with van der Waals surface area (Å²) in [4.78, 5) is 40.7. The average Bonchev–Trinajstić information content (AvgIpc) is 4.11. The van der Waals surface area contributed by atoms with Crippen molar-refractivity contribution in [2.45, 2.75) is 84.0 Å². The normalized spacial score (nSPS) is 21.2. The van der Waals surface area contributed by atoms with Crippen LogP contribution in [0, 0.1) is 11.3 Å². The first-order valence-corrected chi connectivity index (χ1v) is 19.9. The second-order valence-electron chi connectivity index (χ2n) is 16.6. The molecule has 1 unspecified atom stereocenters. The molecule has 0 spiro atoms. The number of likely N-dealkylation sites (tertiary alicyclic amines) is 2. The predicted octanol–water partition coefficient (Wildman–Crippen LogP) is 5.09. The zero-order valence-corrected chi connectivity index (χ0v) is 33.3. The van der Waals surface area contributed by atoms with Crippen molar-refractivity contribution in [3.63, 3.8) is 0 Å². The average molecular weight is 764 g/mol. The first-order chi connectivity index (χ1) is 26.9. The Bertz CT molecular complexity index is 2040. The number of rotatable bonds is 11. The number of anilines is 2. The number of nitrogens with two attached hydrogens (primary N) is 2. The van der Waals surface area contributed by atoms with Gasteiger partial charge in [-0.25, -0.2) is 4.98 Å². The Balaban J connectivity index is 0.000000891. The molecule has 56 heavy (non-hydrogen) atoms. The van der Waals surface area contributed by atoms with Crippen LogP contribution in [-0.4, -0.2) is 93.6 Å². The smallest absolute Gasteiger partial charge is 0.272 e. The monoisotopic (exact) mass is 763 g/mol. The number of fused-ring (bicyclic) bond motifs is 3. The van der Waals surface area contributed by atoms with Crippen LogP contribution in [0.15, 0.2) is 71.3 Å². The Hall–Kier alpha value is -5.21. The molecular weight excluding hydrogens is 707 g/mol. The predicted molar refractivity (Wildman–Crippen MR) is 220 cm³/mol. The summed E-state index contributed by atoms with van der Waals surface area (Å²) >= 11 is 0. The first kappa shape index (κ1) is 39.0. The zero-order valence-electron chi connectivity index (χ0n) is 33.3. The lowest BCUT2D eigenvalue weighted by molar-refractivity contribution is -0.118. The second kappa shape index (κ2) is 16.1. The highest BCUT2D eigenvalue weighted by molar-refractivity contribution is 6.02. The van der Waals surface area contributed by atoms with Gasteiger partial charge < -0.3 is 37.0 Å². The van der Waals surface area contributed by atoms with Gasteiger partial charge in [-0.3, -0.25) is 19.2 Å². The number of carbonyl (C=O) groups is 2. The number of nitrogens with one attached hydrogen (secondary N) is 2. The Kier molecular flexibility index (Phi) is 11.2. The van der Waals surface area contributed by atoms with E-state index in [1.165, 1.54) is 24.6 Å². The maximum Gasteiger partial charge on any atom is 0.272 e. The topological polar surface area (TPSA) is 183 Å². The van der Waals surface area contributed by atoms with Crippen molar-refractivity contribution in [3.8, 4) is 11.1 Å². The molecule has 8 rings (SSSR count). The minimum absolute atomic E-state index is 0.0133. The van der Waals surface area contributed by atoms with Gasteiger partial charge in [-0.15, -0.1) is 0 Å². The summed E-state index contributed by atoms with van der Waals surface area (Å²) in [5.74, 6) is -0.267. The number of nitrogens with zero attached hydrogens (tertiary/aromatic N) is 7. The lowest BCUT2D eigenvalue weighted by atomic mass is 9.91. The third kappa shape index (κ3) is 8.46. The van der Waals surface area contributed by atoms with Gasteiger partial charge in [0, 0.05) is 68.9 Å². The molecule has 3 aliphatic heterocycles. The van der Waals surface area contributed by atoms with Crippen molar-refractivity contribution in [3.05, 3.63) is 83.4 Å². The van der Waals surface area contributed by atoms with Gasteiger partial charge in [-0.05, 0) is 69.2 Å². The Morgan fingerprint density at radius 2 is 1.82 bits per heavy atom. The number of aliphatic imine (C=N–C) groups is 1. The van der Waals surface area contributed by atoms with Crippen LogP contribution >= 0.6 is 0 Å². The number of carbonyl (C=O) groups excluding carboxylic acids is 2. The number of para-hydroxylation sites is 1. The van der Waals surface area contributed by atoms with Gasteiger partial charge in [-0.1, -0.05) is 39.0 Å². The quantitative estimate of drug-likeness (QED) is 0.0759. The highest BCUT2D eigenvalue weighted by atomic mass is 16.2. The van der Waals surface area contributed by atoms with Gasteiger partial charge in [0.15, 0.2) is 0 Å². The number of amides is 2. The van der Waals surface area contributed by atoms with Gasteiger partial charge in [0.1, 0.15) is 17.8 Å². The SMILES string of the molecule is CCC1c2c(cnn2C2CN(Cc3cccc(C(=O)N4CCC(C)(C)C4)n3)C2)-c2cccc(NC(=C/C(N)=NC(=O)C3CC3)/C(N)=C\O)c2N1C.CNC1CC1. The standard InChI is InChI=1S/C38H48N10O3.C4H9N/c1-5-32-35-27(26-9-7-10-29(34(26)45(32)4)43-31(28(39)21-49)16-33(40)44-36(50)23-12-13-23)17-41-48(35)25-19-46(20-25)18-24-8-6-11-30(42-24)37(51)47-15-14-38(2,3)22-47;1-5-4-2-3-4/h6-11,16-17,21,23,25,32,43,49H,5,12-15,18-20,22,39H2,1-4H3,(H2,40,44,50);4-5H,2-3H2,1H3/b28-21+,31-16+;. The minimum Gasteiger partial charge on any atom is -0.513 e. The van der Waals surface area contributed by atoms with E-state index in [2.05, 4.69) is 64.0 Å². The van der Waals surface area contributed by atoms with Crippen molar-refractivity contribution < 1.29 is 14.7 Å². The van der Waals surface area contributed by atoms with Crippen LogP contribution < -0.4 is 27.0 Å². The molecular formula is C42H57N11O3. The molecule has 14 heteroatoms. The molecule has 1 aromatic carbocycles. The van der Waals surface area contributed by atoms with Gasteiger partial charge in [0.25, 0.3) is 11.8 Å². The van der Waals surface area contributed by atoms with E-state index < -0.39 is 0 Å². The van der Waals surface area contributed by atoms with Crippen LogP contribution in [0.5, 0.6) is 0 Å². The van der Waals surface area contributed by atoms with E-state index in [4.69, 9.17) is 21.5 Å². The number of pyridine rings is 1. The number of hydrogen-bond donors (Lipinski definition) is 5. The summed E-state index contributed by atoms with van der Waals surface area (Å²) in [6.07, 6.45) is 10.5. The minimum atomic E-state index is -0.240. The molecule has 1 atom stereocenters. The number of aliphatic hydroxyl groups excluding tert-OH is 1.